The first kappa shape index (κ1) is 20.3. The van der Waals surface area contributed by atoms with Crippen LogP contribution in [-0.4, -0.2) is 23.7 Å². The molecule has 0 atom stereocenters. The van der Waals surface area contributed by atoms with Crippen molar-refractivity contribution in [3.05, 3.63) is 58.1 Å². The van der Waals surface area contributed by atoms with Crippen molar-refractivity contribution in [2.24, 2.45) is 5.41 Å². The first-order valence-electron chi connectivity index (χ1n) is 10.2. The predicted molar refractivity (Wildman–Crippen MR) is 119 cm³/mol. The van der Waals surface area contributed by atoms with Gasteiger partial charge in [-0.1, -0.05) is 41.9 Å². The van der Waals surface area contributed by atoms with Crippen LogP contribution in [0.5, 0.6) is 5.75 Å². The Morgan fingerprint density at radius 2 is 1.83 bits per heavy atom. The van der Waals surface area contributed by atoms with Crippen molar-refractivity contribution in [3.63, 3.8) is 0 Å². The zero-order valence-electron chi connectivity index (χ0n) is 17.2. The number of carbonyl (C=O) groups is 1. The number of hydrogen-bond donors (Lipinski definition) is 2. The number of benzene rings is 2. The molecule has 4 rings (SSSR count). The maximum absolute atomic E-state index is 12.4. The van der Waals surface area contributed by atoms with Gasteiger partial charge in [0.1, 0.15) is 11.3 Å². The second-order valence-corrected chi connectivity index (χ2v) is 10.1. The second kappa shape index (κ2) is 7.05. The molecule has 0 aliphatic heterocycles. The maximum atomic E-state index is 12.4. The number of carboxylic acid groups (broad SMARTS) is 1. The van der Waals surface area contributed by atoms with Crippen molar-refractivity contribution >= 4 is 27.6 Å². The van der Waals surface area contributed by atoms with Gasteiger partial charge in [-0.2, -0.15) is 0 Å². The molecule has 0 unspecified atom stereocenters. The summed E-state index contributed by atoms with van der Waals surface area (Å²) in [6, 6.07) is 14.1. The van der Waals surface area contributed by atoms with Crippen molar-refractivity contribution in [2.75, 3.05) is 12.4 Å². The van der Waals surface area contributed by atoms with Gasteiger partial charge in [-0.25, -0.2) is 4.79 Å². The Morgan fingerprint density at radius 1 is 1.10 bits per heavy atom. The van der Waals surface area contributed by atoms with Gasteiger partial charge in [-0.3, -0.25) is 0 Å². The molecule has 154 valence electrons. The van der Waals surface area contributed by atoms with E-state index < -0.39 is 11.5 Å². The topological polar surface area (TPSA) is 58.6 Å². The van der Waals surface area contributed by atoms with Crippen LogP contribution in [0.15, 0.2) is 46.9 Å². The zero-order chi connectivity index (χ0) is 20.9. The molecule has 29 heavy (non-hydrogen) atoms. The van der Waals surface area contributed by atoms with Gasteiger partial charge in [0.2, 0.25) is 0 Å². The van der Waals surface area contributed by atoms with Crippen LogP contribution in [0.1, 0.15) is 50.7 Å². The highest BCUT2D eigenvalue weighted by Crippen LogP contribution is 2.60. The first-order valence-corrected chi connectivity index (χ1v) is 11.0. The minimum absolute atomic E-state index is 0.0191. The standard InChI is InChI=1S/C24H28BrNO3/c1-22(2)15-16-7-8-19(29-3)14-20(16)23(22)9-11-24(12-10-23,21(27)28)26-18-6-4-5-17(25)13-18/h4-8,13-14,26H,9-12,15H2,1-3H3,(H,27,28). The van der Waals surface area contributed by atoms with Crippen LogP contribution >= 0.6 is 15.9 Å². The normalized spacial score (nSPS) is 27.4. The van der Waals surface area contributed by atoms with Gasteiger partial charge >= 0.3 is 5.97 Å². The quantitative estimate of drug-likeness (QED) is 0.609. The lowest BCUT2D eigenvalue weighted by Gasteiger charge is -2.50. The van der Waals surface area contributed by atoms with Gasteiger partial charge < -0.3 is 15.2 Å². The van der Waals surface area contributed by atoms with Gasteiger partial charge in [-0.05, 0) is 79.0 Å². The highest BCUT2D eigenvalue weighted by Gasteiger charge is 2.57. The number of nitrogens with one attached hydrogen (secondary N) is 1. The molecule has 1 spiro atoms. The number of hydrogen-bond acceptors (Lipinski definition) is 3. The van der Waals surface area contributed by atoms with E-state index in [0.29, 0.717) is 12.8 Å². The number of methoxy groups -OCH3 is 1. The van der Waals surface area contributed by atoms with E-state index in [0.717, 1.165) is 35.2 Å². The first-order chi connectivity index (χ1) is 13.7. The van der Waals surface area contributed by atoms with Gasteiger partial charge in [0.25, 0.3) is 0 Å². The maximum Gasteiger partial charge on any atom is 0.329 e. The van der Waals surface area contributed by atoms with Crippen molar-refractivity contribution < 1.29 is 14.6 Å². The molecule has 0 saturated heterocycles. The molecular formula is C24H28BrNO3. The molecule has 0 radical (unpaired) electrons. The predicted octanol–water partition coefficient (Wildman–Crippen LogP) is 5.79. The number of rotatable bonds is 4. The Labute approximate surface area is 180 Å². The smallest absolute Gasteiger partial charge is 0.329 e. The molecule has 4 nitrogen and oxygen atoms in total. The monoisotopic (exact) mass is 457 g/mol. The highest BCUT2D eigenvalue weighted by atomic mass is 79.9. The fourth-order valence-electron chi connectivity index (χ4n) is 5.58. The van der Waals surface area contributed by atoms with Gasteiger partial charge in [0.15, 0.2) is 0 Å². The Kier molecular flexibility index (Phi) is 4.93. The average molecular weight is 458 g/mol. The van der Waals surface area contributed by atoms with Crippen molar-refractivity contribution in [2.45, 2.75) is 56.9 Å². The van der Waals surface area contributed by atoms with Crippen LogP contribution < -0.4 is 10.1 Å². The lowest BCUT2D eigenvalue weighted by Crippen LogP contribution is -2.54. The second-order valence-electron chi connectivity index (χ2n) is 9.19. The summed E-state index contributed by atoms with van der Waals surface area (Å²) >= 11 is 3.48. The van der Waals surface area contributed by atoms with Crippen molar-refractivity contribution in [1.82, 2.24) is 0 Å². The SMILES string of the molecule is COc1ccc2c(c1)C1(CCC(Nc3cccc(Br)c3)(C(=O)O)CC1)C(C)(C)C2. The Balaban J connectivity index is 1.67. The molecule has 0 amide bonds. The molecule has 2 aliphatic rings. The number of anilines is 1. The Hall–Kier alpha value is -2.01. The lowest BCUT2D eigenvalue weighted by molar-refractivity contribution is -0.144. The van der Waals surface area contributed by atoms with Crippen molar-refractivity contribution in [3.8, 4) is 5.75 Å². The molecule has 2 aliphatic carbocycles. The zero-order valence-corrected chi connectivity index (χ0v) is 18.8. The van der Waals surface area contributed by atoms with E-state index in [4.69, 9.17) is 4.74 Å². The van der Waals surface area contributed by atoms with Crippen LogP contribution in [0.3, 0.4) is 0 Å². The Morgan fingerprint density at radius 3 is 2.45 bits per heavy atom. The molecule has 0 aromatic heterocycles. The highest BCUT2D eigenvalue weighted by molar-refractivity contribution is 9.10. The number of carboxylic acids is 1. The minimum atomic E-state index is -0.941. The van der Waals surface area contributed by atoms with E-state index >= 15 is 0 Å². The summed E-state index contributed by atoms with van der Waals surface area (Å²) in [5.41, 5.74) is 2.69. The van der Waals surface area contributed by atoms with Gasteiger partial charge in [0, 0.05) is 15.6 Å². The molecule has 1 saturated carbocycles. The number of aliphatic carboxylic acids is 1. The van der Waals surface area contributed by atoms with E-state index in [2.05, 4.69) is 47.2 Å². The molecule has 0 bridgehead atoms. The third-order valence-electron chi connectivity index (χ3n) is 7.34. The van der Waals surface area contributed by atoms with Crippen LogP contribution in [0.4, 0.5) is 5.69 Å². The molecule has 1 fully saturated rings. The summed E-state index contributed by atoms with van der Waals surface area (Å²) in [5, 5.41) is 13.5. The number of fused-ring (bicyclic) bond motifs is 2. The van der Waals surface area contributed by atoms with E-state index in [1.165, 1.54) is 11.1 Å². The summed E-state index contributed by atoms with van der Waals surface area (Å²) in [6.45, 7) is 4.66. The average Bonchev–Trinajstić information content (AvgIpc) is 2.89. The molecule has 2 aromatic rings. The molecule has 2 aromatic carbocycles. The summed E-state index contributed by atoms with van der Waals surface area (Å²) in [5.74, 6) is 0.108. The number of ether oxygens (including phenoxy) is 1. The fraction of sp³-hybridized carbons (Fsp3) is 0.458. The summed E-state index contributed by atoms with van der Waals surface area (Å²) in [6.07, 6.45) is 3.89. The fourth-order valence-corrected chi connectivity index (χ4v) is 5.98. The van der Waals surface area contributed by atoms with E-state index in [1.54, 1.807) is 7.11 Å². The summed E-state index contributed by atoms with van der Waals surface area (Å²) in [4.78, 5) is 12.4. The summed E-state index contributed by atoms with van der Waals surface area (Å²) < 4.78 is 6.44. The Bertz CT molecular complexity index is 945. The van der Waals surface area contributed by atoms with Crippen LogP contribution in [-0.2, 0) is 16.6 Å². The summed E-state index contributed by atoms with van der Waals surface area (Å²) in [7, 11) is 1.70. The van der Waals surface area contributed by atoms with Gasteiger partial charge in [-0.15, -0.1) is 0 Å². The van der Waals surface area contributed by atoms with Crippen LogP contribution in [0.25, 0.3) is 0 Å². The molecular weight excluding hydrogens is 430 g/mol. The van der Waals surface area contributed by atoms with Crippen LogP contribution in [0.2, 0.25) is 0 Å². The lowest BCUT2D eigenvalue weighted by atomic mass is 9.56. The molecule has 2 N–H and O–H groups in total. The largest absolute Gasteiger partial charge is 0.497 e. The number of halogens is 1. The molecule has 5 heteroatoms. The van der Waals surface area contributed by atoms with E-state index in [-0.39, 0.29) is 10.8 Å². The van der Waals surface area contributed by atoms with Crippen LogP contribution in [0, 0.1) is 5.41 Å². The minimum Gasteiger partial charge on any atom is -0.497 e. The van der Waals surface area contributed by atoms with Gasteiger partial charge in [0.05, 0.1) is 7.11 Å². The van der Waals surface area contributed by atoms with Crippen molar-refractivity contribution in [1.29, 1.82) is 0 Å². The van der Waals surface area contributed by atoms with E-state index in [9.17, 15) is 9.90 Å². The molecule has 0 heterocycles. The third-order valence-corrected chi connectivity index (χ3v) is 7.83. The third kappa shape index (κ3) is 3.24. The van der Waals surface area contributed by atoms with E-state index in [1.807, 2.05) is 30.3 Å².